The molecule has 0 unspecified atom stereocenters. The van der Waals surface area contributed by atoms with Crippen molar-refractivity contribution < 1.29 is 0 Å². The van der Waals surface area contributed by atoms with Gasteiger partial charge in [-0.3, -0.25) is 0 Å². The SMILES string of the molecule is Cc1c(C)c(C)c(CCN(C)C(C)C)c(C)c1C. The average molecular weight is 247 g/mol. The van der Waals surface area contributed by atoms with Crippen LogP contribution < -0.4 is 0 Å². The monoisotopic (exact) mass is 247 g/mol. The summed E-state index contributed by atoms with van der Waals surface area (Å²) in [6.07, 6.45) is 1.16. The molecule has 1 rings (SSSR count). The molecule has 0 heterocycles. The van der Waals surface area contributed by atoms with Crippen LogP contribution >= 0.6 is 0 Å². The summed E-state index contributed by atoms with van der Waals surface area (Å²) in [7, 11) is 2.21. The Balaban J connectivity index is 3.03. The van der Waals surface area contributed by atoms with E-state index in [1.807, 2.05) is 0 Å². The van der Waals surface area contributed by atoms with Crippen LogP contribution in [0.5, 0.6) is 0 Å². The van der Waals surface area contributed by atoms with E-state index in [4.69, 9.17) is 0 Å². The molecule has 18 heavy (non-hydrogen) atoms. The van der Waals surface area contributed by atoms with E-state index in [0.29, 0.717) is 6.04 Å². The van der Waals surface area contributed by atoms with E-state index in [2.05, 4.69) is 60.4 Å². The van der Waals surface area contributed by atoms with E-state index < -0.39 is 0 Å². The first-order chi connectivity index (χ1) is 8.27. The van der Waals surface area contributed by atoms with Crippen molar-refractivity contribution in [3.63, 3.8) is 0 Å². The zero-order valence-electron chi connectivity index (χ0n) is 13.4. The van der Waals surface area contributed by atoms with Gasteiger partial charge in [-0.25, -0.2) is 0 Å². The lowest BCUT2D eigenvalue weighted by Crippen LogP contribution is -2.28. The molecule has 1 nitrogen and oxygen atoms in total. The number of hydrogen-bond acceptors (Lipinski definition) is 1. The molecule has 1 aromatic carbocycles. The van der Waals surface area contributed by atoms with Crippen LogP contribution in [0.2, 0.25) is 0 Å². The molecule has 0 N–H and O–H groups in total. The average Bonchev–Trinajstić information content (AvgIpc) is 2.33. The molecule has 1 heteroatoms. The molecule has 0 amide bonds. The van der Waals surface area contributed by atoms with Crippen molar-refractivity contribution in [3.8, 4) is 0 Å². The predicted octanol–water partition coefficient (Wildman–Crippen LogP) is 4.11. The molecule has 0 radical (unpaired) electrons. The lowest BCUT2D eigenvalue weighted by molar-refractivity contribution is 0.277. The molecule has 0 spiro atoms. The highest BCUT2D eigenvalue weighted by Gasteiger charge is 2.13. The third-order valence-corrected chi connectivity index (χ3v) is 4.75. The van der Waals surface area contributed by atoms with Crippen LogP contribution in [-0.2, 0) is 6.42 Å². The fourth-order valence-corrected chi connectivity index (χ4v) is 2.50. The molecule has 102 valence electrons. The van der Waals surface area contributed by atoms with Gasteiger partial charge in [-0.05, 0) is 95.3 Å². The third kappa shape index (κ3) is 2.95. The van der Waals surface area contributed by atoms with Crippen molar-refractivity contribution in [1.29, 1.82) is 0 Å². The Morgan fingerprint density at radius 2 is 1.17 bits per heavy atom. The summed E-state index contributed by atoms with van der Waals surface area (Å²) in [5.74, 6) is 0. The quantitative estimate of drug-likeness (QED) is 0.774. The number of nitrogens with zero attached hydrogens (tertiary/aromatic N) is 1. The van der Waals surface area contributed by atoms with Crippen LogP contribution in [-0.4, -0.2) is 24.5 Å². The minimum atomic E-state index is 0.623. The first kappa shape index (κ1) is 15.2. The number of benzene rings is 1. The number of likely N-dealkylation sites (N-methyl/N-ethyl adjacent to an activating group) is 1. The van der Waals surface area contributed by atoms with Crippen LogP contribution in [0.3, 0.4) is 0 Å². The van der Waals surface area contributed by atoms with Crippen LogP contribution in [0.15, 0.2) is 0 Å². The van der Waals surface area contributed by atoms with Gasteiger partial charge in [-0.15, -0.1) is 0 Å². The van der Waals surface area contributed by atoms with Gasteiger partial charge < -0.3 is 4.90 Å². The standard InChI is InChI=1S/C17H29N/c1-11(2)18(8)10-9-17-15(6)13(4)12(3)14(5)16(17)7/h11H,9-10H2,1-8H3. The Kier molecular flexibility index (Phi) is 4.98. The molecule has 1 aromatic rings. The van der Waals surface area contributed by atoms with Gasteiger partial charge in [0.25, 0.3) is 0 Å². The molecule has 0 aliphatic carbocycles. The van der Waals surface area contributed by atoms with Gasteiger partial charge in [0.1, 0.15) is 0 Å². The van der Waals surface area contributed by atoms with Gasteiger partial charge in [0, 0.05) is 12.6 Å². The van der Waals surface area contributed by atoms with E-state index in [1.165, 1.54) is 27.8 Å². The Hall–Kier alpha value is -0.820. The second kappa shape index (κ2) is 5.88. The second-order valence-corrected chi connectivity index (χ2v) is 5.93. The van der Waals surface area contributed by atoms with Crippen LogP contribution in [0.25, 0.3) is 0 Å². The van der Waals surface area contributed by atoms with E-state index in [9.17, 15) is 0 Å². The fourth-order valence-electron chi connectivity index (χ4n) is 2.50. The Labute approximate surface area is 113 Å². The lowest BCUT2D eigenvalue weighted by atomic mass is 9.88. The van der Waals surface area contributed by atoms with Crippen molar-refractivity contribution in [1.82, 2.24) is 4.90 Å². The Bertz CT molecular complexity index is 401. The van der Waals surface area contributed by atoms with Crippen LogP contribution in [0, 0.1) is 34.6 Å². The summed E-state index contributed by atoms with van der Waals surface area (Å²) in [6, 6.07) is 0.623. The van der Waals surface area contributed by atoms with Gasteiger partial charge in [0.2, 0.25) is 0 Å². The summed E-state index contributed by atoms with van der Waals surface area (Å²) in [5.41, 5.74) is 8.95. The number of rotatable bonds is 4. The molecule has 0 bridgehead atoms. The summed E-state index contributed by atoms with van der Waals surface area (Å²) in [5, 5.41) is 0. The summed E-state index contributed by atoms with van der Waals surface area (Å²) in [4.78, 5) is 2.42. The molecule has 0 saturated carbocycles. The van der Waals surface area contributed by atoms with E-state index >= 15 is 0 Å². The van der Waals surface area contributed by atoms with Crippen LogP contribution in [0.4, 0.5) is 0 Å². The molecule has 0 aliphatic heterocycles. The molecular weight excluding hydrogens is 218 g/mol. The number of hydrogen-bond donors (Lipinski definition) is 0. The van der Waals surface area contributed by atoms with Crippen molar-refractivity contribution in [2.75, 3.05) is 13.6 Å². The molecule has 0 aromatic heterocycles. The van der Waals surface area contributed by atoms with Crippen molar-refractivity contribution in [2.24, 2.45) is 0 Å². The van der Waals surface area contributed by atoms with E-state index in [1.54, 1.807) is 5.56 Å². The summed E-state index contributed by atoms with van der Waals surface area (Å²) >= 11 is 0. The maximum atomic E-state index is 2.42. The normalized spacial score (nSPS) is 11.7. The maximum Gasteiger partial charge on any atom is 0.00356 e. The van der Waals surface area contributed by atoms with Crippen LogP contribution in [0.1, 0.15) is 47.2 Å². The first-order valence-electron chi connectivity index (χ1n) is 7.03. The highest BCUT2D eigenvalue weighted by atomic mass is 15.1. The third-order valence-electron chi connectivity index (χ3n) is 4.75. The predicted molar refractivity (Wildman–Crippen MR) is 81.6 cm³/mol. The lowest BCUT2D eigenvalue weighted by Gasteiger charge is -2.24. The topological polar surface area (TPSA) is 3.24 Å². The van der Waals surface area contributed by atoms with E-state index in [0.717, 1.165) is 13.0 Å². The Morgan fingerprint density at radius 1 is 0.778 bits per heavy atom. The second-order valence-electron chi connectivity index (χ2n) is 5.93. The van der Waals surface area contributed by atoms with Crippen molar-refractivity contribution in [3.05, 3.63) is 33.4 Å². The summed E-state index contributed by atoms with van der Waals surface area (Å²) < 4.78 is 0. The highest BCUT2D eigenvalue weighted by molar-refractivity contribution is 5.49. The zero-order chi connectivity index (χ0) is 14.0. The zero-order valence-corrected chi connectivity index (χ0v) is 13.4. The Morgan fingerprint density at radius 3 is 1.56 bits per heavy atom. The highest BCUT2D eigenvalue weighted by Crippen LogP contribution is 2.26. The van der Waals surface area contributed by atoms with Gasteiger partial charge in [-0.2, -0.15) is 0 Å². The minimum absolute atomic E-state index is 0.623. The molecule has 0 aliphatic rings. The largest absolute Gasteiger partial charge is 0.304 e. The first-order valence-corrected chi connectivity index (χ1v) is 7.03. The summed E-state index contributed by atoms with van der Waals surface area (Å²) in [6.45, 7) is 17.0. The molecule has 0 fully saturated rings. The van der Waals surface area contributed by atoms with Crippen molar-refractivity contribution >= 4 is 0 Å². The minimum Gasteiger partial charge on any atom is -0.304 e. The van der Waals surface area contributed by atoms with E-state index in [-0.39, 0.29) is 0 Å². The maximum absolute atomic E-state index is 2.42. The van der Waals surface area contributed by atoms with Gasteiger partial charge in [-0.1, -0.05) is 0 Å². The fraction of sp³-hybridized carbons (Fsp3) is 0.647. The smallest absolute Gasteiger partial charge is 0.00356 e. The van der Waals surface area contributed by atoms with Crippen molar-refractivity contribution in [2.45, 2.75) is 60.9 Å². The van der Waals surface area contributed by atoms with Gasteiger partial charge in [0.05, 0.1) is 0 Å². The molecule has 0 atom stereocenters. The van der Waals surface area contributed by atoms with Gasteiger partial charge in [0.15, 0.2) is 0 Å². The van der Waals surface area contributed by atoms with Gasteiger partial charge >= 0.3 is 0 Å². The molecule has 0 saturated heterocycles. The molecular formula is C17H29N.